The second-order valence-corrected chi connectivity index (χ2v) is 10.1. The van der Waals surface area contributed by atoms with Crippen molar-refractivity contribution in [2.45, 2.75) is 79.4 Å². The number of hydrogen-bond acceptors (Lipinski definition) is 6. The maximum Gasteiger partial charge on any atom is 0.407 e. The first kappa shape index (κ1) is 28.5. The number of nitrogens with one attached hydrogen (secondary N) is 4. The number of amides is 2. The molecule has 0 bridgehead atoms. The van der Waals surface area contributed by atoms with Crippen molar-refractivity contribution in [2.75, 3.05) is 39.3 Å². The Labute approximate surface area is 183 Å². The topological polar surface area (TPSA) is 101 Å². The van der Waals surface area contributed by atoms with E-state index >= 15 is 0 Å². The maximum absolute atomic E-state index is 11.6. The van der Waals surface area contributed by atoms with Crippen molar-refractivity contribution in [3.8, 4) is 0 Å². The number of hydrogen-bond donors (Lipinski definition) is 4. The Morgan fingerprint density at radius 3 is 1.30 bits per heavy atom. The van der Waals surface area contributed by atoms with E-state index in [-0.39, 0.29) is 12.2 Å². The van der Waals surface area contributed by atoms with Gasteiger partial charge in [0.15, 0.2) is 0 Å². The molecule has 0 saturated heterocycles. The van der Waals surface area contributed by atoms with Crippen molar-refractivity contribution >= 4 is 12.2 Å². The third-order valence-electron chi connectivity index (χ3n) is 3.93. The predicted molar refractivity (Wildman–Crippen MR) is 122 cm³/mol. The quantitative estimate of drug-likeness (QED) is 0.335. The first-order chi connectivity index (χ1) is 13.8. The van der Waals surface area contributed by atoms with Crippen molar-refractivity contribution in [1.29, 1.82) is 0 Å². The van der Waals surface area contributed by atoms with Gasteiger partial charge in [-0.15, -0.1) is 0 Å². The molecule has 2 atom stereocenters. The lowest BCUT2D eigenvalue weighted by atomic mass is 10.1. The lowest BCUT2D eigenvalue weighted by Crippen LogP contribution is -2.37. The van der Waals surface area contributed by atoms with E-state index in [1.165, 1.54) is 0 Å². The predicted octanol–water partition coefficient (Wildman–Crippen LogP) is 3.27. The highest BCUT2D eigenvalue weighted by atomic mass is 16.6. The Morgan fingerprint density at radius 1 is 0.667 bits per heavy atom. The Hall–Kier alpha value is -1.54. The van der Waals surface area contributed by atoms with E-state index in [9.17, 15) is 9.59 Å². The van der Waals surface area contributed by atoms with Crippen molar-refractivity contribution < 1.29 is 19.1 Å². The average molecular weight is 431 g/mol. The van der Waals surface area contributed by atoms with Gasteiger partial charge in [-0.3, -0.25) is 0 Å². The zero-order valence-corrected chi connectivity index (χ0v) is 20.4. The fraction of sp³-hybridized carbons (Fsp3) is 0.909. The van der Waals surface area contributed by atoms with Crippen molar-refractivity contribution in [3.05, 3.63) is 0 Å². The fourth-order valence-electron chi connectivity index (χ4n) is 2.48. The average Bonchev–Trinajstić information content (AvgIpc) is 2.57. The molecular weight excluding hydrogens is 384 g/mol. The molecule has 0 saturated carbocycles. The van der Waals surface area contributed by atoms with Crippen LogP contribution in [0.3, 0.4) is 0 Å². The molecule has 4 N–H and O–H groups in total. The molecular formula is C22H46N4O4. The third kappa shape index (κ3) is 19.8. The molecule has 0 spiro atoms. The van der Waals surface area contributed by atoms with Gasteiger partial charge >= 0.3 is 12.2 Å². The van der Waals surface area contributed by atoms with E-state index in [1.54, 1.807) is 0 Å². The number of carbonyl (C=O) groups is 2. The van der Waals surface area contributed by atoms with Crippen LogP contribution in [0.25, 0.3) is 0 Å². The Balaban J connectivity index is 3.56. The number of rotatable bonds is 13. The monoisotopic (exact) mass is 430 g/mol. The van der Waals surface area contributed by atoms with Gasteiger partial charge in [-0.05, 0) is 92.4 Å². The molecule has 2 unspecified atom stereocenters. The molecule has 0 aliphatic heterocycles. The van der Waals surface area contributed by atoms with Crippen LogP contribution in [-0.4, -0.2) is 62.7 Å². The van der Waals surface area contributed by atoms with Gasteiger partial charge in [-0.1, -0.05) is 13.8 Å². The van der Waals surface area contributed by atoms with Gasteiger partial charge in [-0.25, -0.2) is 9.59 Å². The minimum Gasteiger partial charge on any atom is -0.444 e. The number of unbranched alkanes of at least 4 members (excludes halogenated alkanes) is 1. The van der Waals surface area contributed by atoms with Gasteiger partial charge in [0.05, 0.1) is 0 Å². The van der Waals surface area contributed by atoms with Gasteiger partial charge in [0.25, 0.3) is 0 Å². The molecule has 0 aliphatic carbocycles. The molecule has 8 heteroatoms. The summed E-state index contributed by atoms with van der Waals surface area (Å²) in [6, 6.07) is 0. The van der Waals surface area contributed by atoms with E-state index in [2.05, 4.69) is 35.1 Å². The molecule has 8 nitrogen and oxygen atoms in total. The summed E-state index contributed by atoms with van der Waals surface area (Å²) < 4.78 is 10.5. The summed E-state index contributed by atoms with van der Waals surface area (Å²) in [7, 11) is 0. The number of alkyl carbamates (subject to hydrolysis) is 2. The van der Waals surface area contributed by atoms with Crippen LogP contribution < -0.4 is 21.3 Å². The van der Waals surface area contributed by atoms with Crippen LogP contribution in [0.4, 0.5) is 9.59 Å². The molecule has 30 heavy (non-hydrogen) atoms. The van der Waals surface area contributed by atoms with Crippen molar-refractivity contribution in [3.63, 3.8) is 0 Å². The molecule has 0 heterocycles. The van der Waals surface area contributed by atoms with Crippen LogP contribution >= 0.6 is 0 Å². The van der Waals surface area contributed by atoms with Crippen molar-refractivity contribution in [2.24, 2.45) is 11.8 Å². The molecule has 0 aliphatic rings. The van der Waals surface area contributed by atoms with Crippen molar-refractivity contribution in [1.82, 2.24) is 21.3 Å². The molecule has 2 amide bonds. The summed E-state index contributed by atoms with van der Waals surface area (Å²) >= 11 is 0. The maximum atomic E-state index is 11.6. The standard InChI is InChI=1S/C22H46N4O4/c1-17(15-25-19(27)29-21(3,4)5)13-23-11-9-10-12-24-14-18(2)16-26-20(28)30-22(6,7)8/h17-18,23-24H,9-16H2,1-8H3,(H,25,27)(H,26,28). The van der Waals surface area contributed by atoms with E-state index in [0.717, 1.165) is 39.0 Å². The van der Waals surface area contributed by atoms with Crippen LogP contribution in [0, 0.1) is 11.8 Å². The van der Waals surface area contributed by atoms with Crippen LogP contribution in [-0.2, 0) is 9.47 Å². The molecule has 0 fully saturated rings. The van der Waals surface area contributed by atoms with Gasteiger partial charge in [0.1, 0.15) is 11.2 Å². The lowest BCUT2D eigenvalue weighted by Gasteiger charge is -2.21. The molecule has 178 valence electrons. The first-order valence-corrected chi connectivity index (χ1v) is 11.1. The summed E-state index contributed by atoms with van der Waals surface area (Å²) in [5.41, 5.74) is -0.933. The molecule has 0 rings (SSSR count). The molecule has 0 aromatic rings. The Bertz CT molecular complexity index is 443. The fourth-order valence-corrected chi connectivity index (χ4v) is 2.48. The smallest absolute Gasteiger partial charge is 0.407 e. The van der Waals surface area contributed by atoms with Gasteiger partial charge in [0.2, 0.25) is 0 Å². The summed E-state index contributed by atoms with van der Waals surface area (Å²) in [5.74, 6) is 0.683. The van der Waals surface area contributed by atoms with E-state index < -0.39 is 11.2 Å². The van der Waals surface area contributed by atoms with Crippen LogP contribution in [0.2, 0.25) is 0 Å². The van der Waals surface area contributed by atoms with E-state index in [4.69, 9.17) is 9.47 Å². The second-order valence-electron chi connectivity index (χ2n) is 10.1. The zero-order chi connectivity index (χ0) is 23.2. The van der Waals surface area contributed by atoms with Gasteiger partial charge < -0.3 is 30.7 Å². The van der Waals surface area contributed by atoms with Gasteiger partial charge in [0, 0.05) is 13.1 Å². The minimum atomic E-state index is -0.466. The minimum absolute atomic E-state index is 0.342. The van der Waals surface area contributed by atoms with Gasteiger partial charge in [-0.2, -0.15) is 0 Å². The SMILES string of the molecule is CC(CNCCCCNCC(C)CNC(=O)OC(C)(C)C)CNC(=O)OC(C)(C)C. The Kier molecular flexibility index (Phi) is 13.7. The highest BCUT2D eigenvalue weighted by molar-refractivity contribution is 5.67. The van der Waals surface area contributed by atoms with E-state index in [1.807, 2.05) is 41.5 Å². The summed E-state index contributed by atoms with van der Waals surface area (Å²) in [5, 5.41) is 12.5. The summed E-state index contributed by atoms with van der Waals surface area (Å²) in [6.07, 6.45) is 1.44. The first-order valence-electron chi connectivity index (χ1n) is 11.1. The Morgan fingerprint density at radius 2 is 1.00 bits per heavy atom. The largest absolute Gasteiger partial charge is 0.444 e. The zero-order valence-electron chi connectivity index (χ0n) is 20.4. The third-order valence-corrected chi connectivity index (χ3v) is 3.93. The normalized spacial score (nSPS) is 14.0. The number of ether oxygens (including phenoxy) is 2. The lowest BCUT2D eigenvalue weighted by molar-refractivity contribution is 0.0509. The van der Waals surface area contributed by atoms with E-state index in [0.29, 0.717) is 24.9 Å². The van der Waals surface area contributed by atoms with Crippen LogP contribution in [0.5, 0.6) is 0 Å². The van der Waals surface area contributed by atoms with Crippen LogP contribution in [0.15, 0.2) is 0 Å². The molecule has 0 aromatic heterocycles. The number of carbonyl (C=O) groups excluding carboxylic acids is 2. The van der Waals surface area contributed by atoms with Crippen LogP contribution in [0.1, 0.15) is 68.2 Å². The summed E-state index contributed by atoms with van der Waals surface area (Å²) in [6.45, 7) is 20.1. The summed E-state index contributed by atoms with van der Waals surface area (Å²) in [4.78, 5) is 23.3. The second kappa shape index (κ2) is 14.5. The molecule has 0 aromatic carbocycles. The highest BCUT2D eigenvalue weighted by Gasteiger charge is 2.17. The highest BCUT2D eigenvalue weighted by Crippen LogP contribution is 2.07. The molecule has 0 radical (unpaired) electrons.